The van der Waals surface area contributed by atoms with Crippen LogP contribution in [0.1, 0.15) is 25.0 Å². The minimum Gasteiger partial charge on any atom is -0.373 e. The van der Waals surface area contributed by atoms with E-state index in [1.807, 2.05) is 26.0 Å². The van der Waals surface area contributed by atoms with Gasteiger partial charge in [-0.25, -0.2) is 0 Å². The molecule has 3 nitrogen and oxygen atoms in total. The predicted molar refractivity (Wildman–Crippen MR) is 78.8 cm³/mol. The van der Waals surface area contributed by atoms with Gasteiger partial charge in [0.25, 0.3) is 0 Å². The van der Waals surface area contributed by atoms with Crippen molar-refractivity contribution in [1.29, 1.82) is 0 Å². The molecule has 0 atom stereocenters. The van der Waals surface area contributed by atoms with Gasteiger partial charge in [-0.1, -0.05) is 24.3 Å². The van der Waals surface area contributed by atoms with Crippen LogP contribution < -0.4 is 0 Å². The summed E-state index contributed by atoms with van der Waals surface area (Å²) >= 11 is 4.33. The fourth-order valence-electron chi connectivity index (χ4n) is 1.66. The first kappa shape index (κ1) is 15.7. The largest absolute Gasteiger partial charge is 0.511 e. The third kappa shape index (κ3) is 4.40. The Morgan fingerprint density at radius 1 is 1.06 bits per heavy atom. The van der Waals surface area contributed by atoms with E-state index < -0.39 is 8.80 Å². The topological polar surface area (TPSA) is 27.7 Å². The number of benzene rings is 1. The molecule has 0 aliphatic rings. The van der Waals surface area contributed by atoms with Crippen LogP contribution in [0.5, 0.6) is 0 Å². The summed E-state index contributed by atoms with van der Waals surface area (Å²) < 4.78 is 17.3. The van der Waals surface area contributed by atoms with E-state index in [2.05, 4.69) is 31.7 Å². The predicted octanol–water partition coefficient (Wildman–Crippen LogP) is 2.99. The van der Waals surface area contributed by atoms with Crippen molar-refractivity contribution < 1.29 is 13.3 Å². The van der Waals surface area contributed by atoms with E-state index in [0.717, 1.165) is 5.56 Å². The molecule has 1 aromatic carbocycles. The SMILES string of the molecule is CCO[Si](CS)(OCC)OCc1ccccc1C. The van der Waals surface area contributed by atoms with Gasteiger partial charge in [0.2, 0.25) is 0 Å². The third-order valence-electron chi connectivity index (χ3n) is 2.63. The second kappa shape index (κ2) is 7.96. The molecule has 0 aliphatic heterocycles. The highest BCUT2D eigenvalue weighted by Gasteiger charge is 2.39. The van der Waals surface area contributed by atoms with Crippen molar-refractivity contribution in [2.75, 3.05) is 18.6 Å². The number of rotatable bonds is 8. The van der Waals surface area contributed by atoms with Crippen molar-refractivity contribution in [3.63, 3.8) is 0 Å². The lowest BCUT2D eigenvalue weighted by atomic mass is 10.1. The van der Waals surface area contributed by atoms with Crippen molar-refractivity contribution >= 4 is 21.4 Å². The first-order valence-corrected chi connectivity index (χ1v) is 8.81. The van der Waals surface area contributed by atoms with Crippen molar-refractivity contribution in [3.8, 4) is 0 Å². The quantitative estimate of drug-likeness (QED) is 0.588. The molecule has 0 radical (unpaired) electrons. The van der Waals surface area contributed by atoms with Crippen LogP contribution in [0, 0.1) is 6.92 Å². The van der Waals surface area contributed by atoms with Crippen molar-refractivity contribution in [2.45, 2.75) is 27.4 Å². The van der Waals surface area contributed by atoms with Crippen LogP contribution in [-0.4, -0.2) is 27.4 Å². The summed E-state index contributed by atoms with van der Waals surface area (Å²) in [5.41, 5.74) is 2.38. The monoisotopic (exact) mass is 286 g/mol. The highest BCUT2D eigenvalue weighted by atomic mass is 32.1. The molecule has 0 N–H and O–H groups in total. The Bertz CT molecular complexity index is 354. The fraction of sp³-hybridized carbons (Fsp3) is 0.538. The Morgan fingerprint density at radius 3 is 2.17 bits per heavy atom. The maximum Gasteiger partial charge on any atom is 0.511 e. The van der Waals surface area contributed by atoms with Crippen LogP contribution in [0.4, 0.5) is 0 Å². The average molecular weight is 286 g/mol. The van der Waals surface area contributed by atoms with E-state index in [1.54, 1.807) is 0 Å². The van der Waals surface area contributed by atoms with Gasteiger partial charge in [-0.15, -0.1) is 0 Å². The van der Waals surface area contributed by atoms with E-state index in [9.17, 15) is 0 Å². The van der Waals surface area contributed by atoms with Gasteiger partial charge < -0.3 is 13.3 Å². The molecule has 0 unspecified atom stereocenters. The Labute approximate surface area is 116 Å². The highest BCUT2D eigenvalue weighted by Crippen LogP contribution is 2.16. The van der Waals surface area contributed by atoms with Crippen LogP contribution in [0.2, 0.25) is 0 Å². The minimum atomic E-state index is -2.61. The van der Waals surface area contributed by atoms with Crippen molar-refractivity contribution in [1.82, 2.24) is 0 Å². The number of hydrogen-bond donors (Lipinski definition) is 1. The molecule has 0 fully saturated rings. The van der Waals surface area contributed by atoms with Crippen LogP contribution >= 0.6 is 12.6 Å². The van der Waals surface area contributed by atoms with Gasteiger partial charge in [-0.2, -0.15) is 12.6 Å². The molecule has 0 aliphatic carbocycles. The molecule has 0 amide bonds. The molecule has 0 heterocycles. The first-order chi connectivity index (χ1) is 8.67. The van der Waals surface area contributed by atoms with Gasteiger partial charge in [0.15, 0.2) is 0 Å². The van der Waals surface area contributed by atoms with E-state index in [1.165, 1.54) is 5.56 Å². The van der Waals surface area contributed by atoms with Gasteiger partial charge in [-0.3, -0.25) is 0 Å². The molecule has 1 aromatic rings. The summed E-state index contributed by atoms with van der Waals surface area (Å²) in [6, 6.07) is 8.17. The summed E-state index contributed by atoms with van der Waals surface area (Å²) in [5, 5.41) is 0.501. The van der Waals surface area contributed by atoms with E-state index in [-0.39, 0.29) is 0 Å². The summed E-state index contributed by atoms with van der Waals surface area (Å²) in [6.45, 7) is 7.65. The maximum absolute atomic E-state index is 5.94. The molecule has 18 heavy (non-hydrogen) atoms. The van der Waals surface area contributed by atoms with Crippen LogP contribution in [0.15, 0.2) is 24.3 Å². The standard InChI is InChI=1S/C13H22O3SSi/c1-4-14-18(11-17,15-5-2)16-10-13-9-7-6-8-12(13)3/h6-9,17H,4-5,10-11H2,1-3H3. The highest BCUT2D eigenvalue weighted by molar-refractivity contribution is 7.82. The van der Waals surface area contributed by atoms with E-state index >= 15 is 0 Å². The van der Waals surface area contributed by atoms with Gasteiger partial charge in [-0.05, 0) is 31.9 Å². The van der Waals surface area contributed by atoms with Gasteiger partial charge >= 0.3 is 8.80 Å². The van der Waals surface area contributed by atoms with Gasteiger partial charge in [0.05, 0.1) is 12.0 Å². The molecule has 0 spiro atoms. The summed E-state index contributed by atoms with van der Waals surface area (Å²) in [7, 11) is -2.61. The summed E-state index contributed by atoms with van der Waals surface area (Å²) in [6.07, 6.45) is 0. The number of thiol groups is 1. The van der Waals surface area contributed by atoms with Crippen molar-refractivity contribution in [2.24, 2.45) is 0 Å². The molecular weight excluding hydrogens is 264 g/mol. The molecule has 0 bridgehead atoms. The van der Waals surface area contributed by atoms with Gasteiger partial charge in [0, 0.05) is 13.2 Å². The molecule has 102 valence electrons. The lowest BCUT2D eigenvalue weighted by Gasteiger charge is -2.27. The van der Waals surface area contributed by atoms with E-state index in [0.29, 0.717) is 25.2 Å². The van der Waals surface area contributed by atoms with Crippen LogP contribution in [-0.2, 0) is 19.9 Å². The third-order valence-corrected chi connectivity index (χ3v) is 6.22. The lowest BCUT2D eigenvalue weighted by molar-refractivity contribution is 0.0670. The maximum atomic E-state index is 5.94. The first-order valence-electron chi connectivity index (χ1n) is 6.24. The molecular formula is C13H22O3SSi. The summed E-state index contributed by atoms with van der Waals surface area (Å²) in [5.74, 6) is 0. The molecule has 1 rings (SSSR count). The van der Waals surface area contributed by atoms with Crippen molar-refractivity contribution in [3.05, 3.63) is 35.4 Å². The van der Waals surface area contributed by atoms with E-state index in [4.69, 9.17) is 13.3 Å². The Balaban J connectivity index is 2.69. The zero-order valence-corrected chi connectivity index (χ0v) is 13.2. The van der Waals surface area contributed by atoms with Gasteiger partial charge in [0.1, 0.15) is 0 Å². The van der Waals surface area contributed by atoms with Crippen LogP contribution in [0.3, 0.4) is 0 Å². The smallest absolute Gasteiger partial charge is 0.373 e. The Hall–Kier alpha value is -0.333. The second-order valence-electron chi connectivity index (χ2n) is 3.92. The summed E-state index contributed by atoms with van der Waals surface area (Å²) in [4.78, 5) is 0. The minimum absolute atomic E-state index is 0.501. The normalized spacial score (nSPS) is 11.8. The fourth-order valence-corrected chi connectivity index (χ4v) is 4.26. The molecule has 0 saturated heterocycles. The lowest BCUT2D eigenvalue weighted by Crippen LogP contribution is -2.48. The molecule has 0 saturated carbocycles. The average Bonchev–Trinajstić information content (AvgIpc) is 2.38. The zero-order chi connectivity index (χ0) is 13.4. The molecule has 5 heteroatoms. The Kier molecular flexibility index (Phi) is 6.96. The Morgan fingerprint density at radius 2 is 1.67 bits per heavy atom. The molecule has 0 aromatic heterocycles. The van der Waals surface area contributed by atoms with Crippen LogP contribution in [0.25, 0.3) is 0 Å². The second-order valence-corrected chi connectivity index (χ2v) is 7.42. The number of hydrogen-bond acceptors (Lipinski definition) is 4. The zero-order valence-electron chi connectivity index (χ0n) is 11.3. The number of aryl methyl sites for hydroxylation is 1.